The van der Waals surface area contributed by atoms with Crippen molar-refractivity contribution in [2.75, 3.05) is 20.0 Å². The molecule has 0 fully saturated rings. The predicted octanol–water partition coefficient (Wildman–Crippen LogP) is 2.97. The topological polar surface area (TPSA) is 89.9 Å². The summed E-state index contributed by atoms with van der Waals surface area (Å²) in [5.41, 5.74) is -0.329. The summed E-state index contributed by atoms with van der Waals surface area (Å²) in [6, 6.07) is 0. The first-order chi connectivity index (χ1) is 6.36. The summed E-state index contributed by atoms with van der Waals surface area (Å²) < 4.78 is 43.5. The van der Waals surface area contributed by atoms with Crippen LogP contribution in [0.5, 0.6) is 0 Å². The molecule has 0 aliphatic rings. The van der Waals surface area contributed by atoms with E-state index in [2.05, 4.69) is 4.31 Å². The normalized spacial score (nSPS) is 24.2. The van der Waals surface area contributed by atoms with Crippen LogP contribution in [0.3, 0.4) is 0 Å². The van der Waals surface area contributed by atoms with E-state index >= 15 is 0 Å². The number of hydrogen-bond donors (Lipinski definition) is 1. The molecule has 3 atom stereocenters. The average molecular weight is 278 g/mol. The van der Waals surface area contributed by atoms with E-state index in [1.54, 1.807) is 13.8 Å². The molecule has 0 aromatic rings. The zero-order valence-electron chi connectivity index (χ0n) is 9.41. The molecule has 0 bridgehead atoms. The van der Waals surface area contributed by atoms with Crippen LogP contribution in [0.2, 0.25) is 0 Å². The van der Waals surface area contributed by atoms with Crippen LogP contribution >= 0.6 is 22.6 Å². The van der Waals surface area contributed by atoms with Gasteiger partial charge in [0, 0.05) is 25.7 Å². The van der Waals surface area contributed by atoms with E-state index < -0.39 is 22.6 Å². The van der Waals surface area contributed by atoms with Crippen LogP contribution in [-0.2, 0) is 22.3 Å². The third kappa shape index (κ3) is 6.68. The molecule has 0 saturated carbocycles. The van der Waals surface area contributed by atoms with Gasteiger partial charge in [0.25, 0.3) is 0 Å². The predicted molar refractivity (Wildman–Crippen MR) is 60.1 cm³/mol. The van der Waals surface area contributed by atoms with Gasteiger partial charge in [-0.3, -0.25) is 18.0 Å². The molecule has 0 aromatic carbocycles. The Morgan fingerprint density at radius 2 is 1.40 bits per heavy atom. The molecule has 0 heterocycles. The Morgan fingerprint density at radius 1 is 1.00 bits per heavy atom. The van der Waals surface area contributed by atoms with Gasteiger partial charge in [-0.15, -0.1) is 0 Å². The molecule has 15 heavy (non-hydrogen) atoms. The van der Waals surface area contributed by atoms with Crippen molar-refractivity contribution in [1.29, 1.82) is 0 Å². The molecule has 0 aliphatic heterocycles. The summed E-state index contributed by atoms with van der Waals surface area (Å²) in [5.74, 6) is 0. The Hall–Kier alpha value is 0.570. The van der Waals surface area contributed by atoms with Crippen LogP contribution in [0.1, 0.15) is 13.8 Å². The maximum atomic E-state index is 11.8. The molecular formula is C6H17O6P3. The number of hydrogen-bond acceptors (Lipinski definition) is 5. The van der Waals surface area contributed by atoms with E-state index in [1.165, 1.54) is 6.66 Å². The van der Waals surface area contributed by atoms with Crippen LogP contribution in [0, 0.1) is 0 Å². The van der Waals surface area contributed by atoms with Gasteiger partial charge in [0.2, 0.25) is 7.37 Å². The quantitative estimate of drug-likeness (QED) is 0.777. The maximum Gasteiger partial charge on any atom is 0.340 e. The Kier molecular flexibility index (Phi) is 5.01. The van der Waals surface area contributed by atoms with Crippen molar-refractivity contribution >= 4 is 22.6 Å². The maximum absolute atomic E-state index is 11.8. The third-order valence-electron chi connectivity index (χ3n) is 1.55. The van der Waals surface area contributed by atoms with E-state index in [0.29, 0.717) is 0 Å². The Labute approximate surface area is 89.9 Å². The van der Waals surface area contributed by atoms with E-state index in [-0.39, 0.29) is 5.66 Å². The van der Waals surface area contributed by atoms with E-state index in [4.69, 9.17) is 9.20 Å². The Morgan fingerprint density at radius 3 is 1.67 bits per heavy atom. The van der Waals surface area contributed by atoms with Crippen LogP contribution in [0.15, 0.2) is 0 Å². The number of rotatable bonds is 5. The van der Waals surface area contributed by atoms with Crippen molar-refractivity contribution < 1.29 is 27.2 Å². The SMILES string of the molecule is CC(C)P(C)(=O)OP(C)(=O)OP(C)(=O)O. The van der Waals surface area contributed by atoms with Gasteiger partial charge >= 0.3 is 15.2 Å². The van der Waals surface area contributed by atoms with E-state index in [9.17, 15) is 13.7 Å². The molecule has 9 heteroatoms. The lowest BCUT2D eigenvalue weighted by Crippen LogP contribution is -2.00. The minimum Gasteiger partial charge on any atom is -0.324 e. The summed E-state index contributed by atoms with van der Waals surface area (Å²) in [6.45, 7) is 6.52. The fraction of sp³-hybridized carbons (Fsp3) is 1.00. The van der Waals surface area contributed by atoms with Crippen molar-refractivity contribution in [3.63, 3.8) is 0 Å². The Balaban J connectivity index is 4.74. The van der Waals surface area contributed by atoms with Crippen molar-refractivity contribution in [3.8, 4) is 0 Å². The second-order valence-corrected chi connectivity index (χ2v) is 11.0. The molecule has 0 amide bonds. The zero-order chi connectivity index (χ0) is 12.5. The monoisotopic (exact) mass is 278 g/mol. The average Bonchev–Trinajstić information content (AvgIpc) is 1.75. The molecule has 6 nitrogen and oxygen atoms in total. The van der Waals surface area contributed by atoms with Crippen molar-refractivity contribution in [3.05, 3.63) is 0 Å². The van der Waals surface area contributed by atoms with Crippen molar-refractivity contribution in [2.45, 2.75) is 19.5 Å². The third-order valence-corrected chi connectivity index (χ3v) is 8.31. The highest BCUT2D eigenvalue weighted by molar-refractivity contribution is 7.73. The lowest BCUT2D eigenvalue weighted by atomic mass is 10.6. The van der Waals surface area contributed by atoms with Gasteiger partial charge in [-0.1, -0.05) is 13.8 Å². The Bertz CT molecular complexity index is 356. The zero-order valence-corrected chi connectivity index (χ0v) is 12.1. The summed E-state index contributed by atoms with van der Waals surface area (Å²) in [7, 11) is -10.8. The van der Waals surface area contributed by atoms with Gasteiger partial charge in [0.15, 0.2) is 0 Å². The summed E-state index contributed by atoms with van der Waals surface area (Å²) in [6.07, 6.45) is 0. The van der Waals surface area contributed by atoms with E-state index in [0.717, 1.165) is 13.3 Å². The summed E-state index contributed by atoms with van der Waals surface area (Å²) in [5, 5.41) is 0. The first-order valence-electron chi connectivity index (χ1n) is 4.23. The molecule has 1 N–H and O–H groups in total. The van der Waals surface area contributed by atoms with Crippen molar-refractivity contribution in [2.24, 2.45) is 0 Å². The van der Waals surface area contributed by atoms with Gasteiger partial charge in [-0.2, -0.15) is 0 Å². The van der Waals surface area contributed by atoms with Crippen LogP contribution in [0.25, 0.3) is 0 Å². The second kappa shape index (κ2) is 4.83. The fourth-order valence-corrected chi connectivity index (χ4v) is 6.38. The van der Waals surface area contributed by atoms with Crippen LogP contribution < -0.4 is 0 Å². The van der Waals surface area contributed by atoms with E-state index in [1.807, 2.05) is 0 Å². The molecule has 0 aliphatic carbocycles. The first-order valence-corrected chi connectivity index (χ1v) is 10.4. The molecule has 3 unspecified atom stereocenters. The van der Waals surface area contributed by atoms with Crippen LogP contribution in [0.4, 0.5) is 0 Å². The highest BCUT2D eigenvalue weighted by atomic mass is 31.3. The summed E-state index contributed by atoms with van der Waals surface area (Å²) >= 11 is 0. The standard InChI is InChI=1S/C6H17O6P3/c1-6(2)13(3,7)11-15(5,10)12-14(4,8)9/h6H,1-5H3,(H,8,9). The van der Waals surface area contributed by atoms with Crippen LogP contribution in [-0.4, -0.2) is 30.5 Å². The highest BCUT2D eigenvalue weighted by Gasteiger charge is 2.34. The lowest BCUT2D eigenvalue weighted by Gasteiger charge is -2.22. The smallest absolute Gasteiger partial charge is 0.324 e. The van der Waals surface area contributed by atoms with Gasteiger partial charge in [0.1, 0.15) is 0 Å². The van der Waals surface area contributed by atoms with Gasteiger partial charge < -0.3 is 4.89 Å². The second-order valence-electron chi connectivity index (χ2n) is 3.74. The molecule has 92 valence electrons. The lowest BCUT2D eigenvalue weighted by molar-refractivity contribution is 0.344. The molecular weight excluding hydrogens is 261 g/mol. The summed E-state index contributed by atoms with van der Waals surface area (Å²) in [4.78, 5) is 8.88. The first kappa shape index (κ1) is 15.6. The fourth-order valence-electron chi connectivity index (χ4n) is 0.679. The minimum absolute atomic E-state index is 0.329. The minimum atomic E-state index is -3.91. The molecule has 0 radical (unpaired) electrons. The largest absolute Gasteiger partial charge is 0.340 e. The molecule has 0 spiro atoms. The molecule has 0 aromatic heterocycles. The highest BCUT2D eigenvalue weighted by Crippen LogP contribution is 2.67. The van der Waals surface area contributed by atoms with Gasteiger partial charge in [-0.05, 0) is 0 Å². The van der Waals surface area contributed by atoms with Crippen molar-refractivity contribution in [1.82, 2.24) is 0 Å². The van der Waals surface area contributed by atoms with Gasteiger partial charge in [-0.25, -0.2) is 4.31 Å². The van der Waals surface area contributed by atoms with Gasteiger partial charge in [0.05, 0.1) is 0 Å². The molecule has 0 rings (SSSR count). The molecule has 0 saturated heterocycles.